The minimum Gasteiger partial charge on any atom is -0.382 e. The summed E-state index contributed by atoms with van der Waals surface area (Å²) in [4.78, 5) is 63.8. The van der Waals surface area contributed by atoms with Crippen LogP contribution < -0.4 is 11.2 Å². The summed E-state index contributed by atoms with van der Waals surface area (Å²) >= 11 is 4.53. The molecule has 4 atom stereocenters. The van der Waals surface area contributed by atoms with Crippen molar-refractivity contribution in [1.82, 2.24) is 9.55 Å². The van der Waals surface area contributed by atoms with E-state index in [0.717, 1.165) is 4.57 Å². The van der Waals surface area contributed by atoms with Gasteiger partial charge in [-0.15, -0.1) is 0 Å². The van der Waals surface area contributed by atoms with E-state index in [2.05, 4.69) is 16.8 Å². The van der Waals surface area contributed by atoms with Gasteiger partial charge in [0.05, 0.1) is 25.5 Å². The number of H-pyrrole nitrogens is 1. The molecule has 0 amide bonds. The second kappa shape index (κ2) is 10.2. The number of hydrogen-bond acceptors (Lipinski definition) is 8. The Morgan fingerprint density at radius 1 is 1.23 bits per heavy atom. The zero-order valence-electron chi connectivity index (χ0n) is 16.1. The minimum absolute atomic E-state index is 0.00289. The van der Waals surface area contributed by atoms with Crippen molar-refractivity contribution < 1.29 is 42.9 Å². The number of nitrogens with one attached hydrogen (secondary N) is 1. The summed E-state index contributed by atoms with van der Waals surface area (Å²) in [5.74, 6) is 0. The monoisotopic (exact) mass is 490 g/mol. The molecule has 0 bridgehead atoms. The fraction of sp³-hybridized carbons (Fsp3) is 0.714. The second-order valence-electron chi connectivity index (χ2n) is 6.61. The van der Waals surface area contributed by atoms with E-state index in [4.69, 9.17) is 18.7 Å². The molecule has 0 radical (unpaired) electrons. The molecule has 0 spiro atoms. The van der Waals surface area contributed by atoms with Crippen molar-refractivity contribution in [1.29, 1.82) is 0 Å². The maximum atomic E-state index is 12.3. The number of ether oxygens (including phenoxy) is 3. The number of aryl methyl sites for hydroxylation is 1. The van der Waals surface area contributed by atoms with Crippen LogP contribution in [0.4, 0.5) is 0 Å². The number of methoxy groups -OCH3 is 1. The Morgan fingerprint density at radius 2 is 1.90 bits per heavy atom. The highest BCUT2D eigenvalue weighted by Crippen LogP contribution is 2.47. The van der Waals surface area contributed by atoms with Gasteiger partial charge >= 0.3 is 20.0 Å². The van der Waals surface area contributed by atoms with Crippen LogP contribution >= 0.6 is 14.3 Å². The van der Waals surface area contributed by atoms with Crippen LogP contribution in [0.15, 0.2) is 15.8 Å². The molecule has 30 heavy (non-hydrogen) atoms. The molecule has 1 fully saturated rings. The molecule has 13 nitrogen and oxygen atoms in total. The van der Waals surface area contributed by atoms with Gasteiger partial charge in [0.15, 0.2) is 6.23 Å². The third kappa shape index (κ3) is 7.14. The highest BCUT2D eigenvalue weighted by molar-refractivity contribution is 8.06. The summed E-state index contributed by atoms with van der Waals surface area (Å²) in [5, 5.41) is 0. The van der Waals surface area contributed by atoms with Crippen LogP contribution in [-0.2, 0) is 35.1 Å². The van der Waals surface area contributed by atoms with Crippen molar-refractivity contribution in [2.75, 3.05) is 26.5 Å². The first kappa shape index (κ1) is 25.5. The molecule has 172 valence electrons. The van der Waals surface area contributed by atoms with Gasteiger partial charge in [-0.05, 0) is 25.2 Å². The molecule has 1 aliphatic rings. The van der Waals surface area contributed by atoms with Crippen LogP contribution in [0.2, 0.25) is 0 Å². The number of nitrogens with zero attached hydrogens (tertiary/aromatic N) is 1. The lowest BCUT2D eigenvalue weighted by molar-refractivity contribution is -0.0785. The number of aromatic nitrogens is 2. The van der Waals surface area contributed by atoms with Gasteiger partial charge in [-0.25, -0.2) is 4.79 Å². The van der Waals surface area contributed by atoms with Gasteiger partial charge in [0.2, 0.25) is 0 Å². The predicted octanol–water partition coefficient (Wildman–Crippen LogP) is -1.06. The van der Waals surface area contributed by atoms with Crippen LogP contribution in [0.3, 0.4) is 0 Å². The number of rotatable bonds is 10. The Kier molecular flexibility index (Phi) is 8.70. The van der Waals surface area contributed by atoms with Crippen molar-refractivity contribution >= 4 is 26.1 Å². The molecule has 1 saturated heterocycles. The molecule has 0 aromatic carbocycles. The Hall–Kier alpha value is -0.760. The maximum absolute atomic E-state index is 12.3. The fourth-order valence-corrected chi connectivity index (χ4v) is 4.43. The van der Waals surface area contributed by atoms with Crippen LogP contribution in [-0.4, -0.2) is 73.9 Å². The van der Waals surface area contributed by atoms with E-state index in [9.17, 15) is 33.7 Å². The van der Waals surface area contributed by atoms with Crippen molar-refractivity contribution in [3.05, 3.63) is 32.6 Å². The van der Waals surface area contributed by atoms with Crippen molar-refractivity contribution in [2.24, 2.45) is 0 Å². The minimum atomic E-state index is -4.41. The van der Waals surface area contributed by atoms with Gasteiger partial charge in [-0.1, -0.05) is 0 Å². The summed E-state index contributed by atoms with van der Waals surface area (Å²) < 4.78 is 33.9. The van der Waals surface area contributed by atoms with Crippen LogP contribution in [0, 0.1) is 6.92 Å². The first-order valence-electron chi connectivity index (χ1n) is 8.69. The van der Waals surface area contributed by atoms with Crippen molar-refractivity contribution in [3.63, 3.8) is 0 Å². The molecule has 4 unspecified atom stereocenters. The predicted molar refractivity (Wildman–Crippen MR) is 107 cm³/mol. The van der Waals surface area contributed by atoms with Gasteiger partial charge in [0, 0.05) is 18.9 Å². The maximum Gasteiger partial charge on any atom is 0.330 e. The van der Waals surface area contributed by atoms with Crippen LogP contribution in [0.1, 0.15) is 18.2 Å². The highest BCUT2D eigenvalue weighted by Gasteiger charge is 2.49. The molecule has 5 N–H and O–H groups in total. The van der Waals surface area contributed by atoms with Crippen molar-refractivity contribution in [2.45, 2.75) is 37.9 Å². The molecule has 16 heteroatoms. The van der Waals surface area contributed by atoms with Crippen LogP contribution in [0.25, 0.3) is 0 Å². The highest BCUT2D eigenvalue weighted by atomic mass is 32.5. The van der Waals surface area contributed by atoms with Crippen LogP contribution in [0.5, 0.6) is 0 Å². The van der Waals surface area contributed by atoms with Gasteiger partial charge in [0.1, 0.15) is 12.2 Å². The molecular weight excluding hydrogens is 466 g/mol. The van der Waals surface area contributed by atoms with Gasteiger partial charge in [-0.2, -0.15) is 0 Å². The Balaban J connectivity index is 2.45. The summed E-state index contributed by atoms with van der Waals surface area (Å²) in [7, 11) is -2.98. The molecule has 0 saturated carbocycles. The average molecular weight is 490 g/mol. The molecule has 1 aliphatic heterocycles. The lowest BCUT2D eigenvalue weighted by Crippen LogP contribution is -2.41. The number of aromatic amines is 1. The summed E-state index contributed by atoms with van der Waals surface area (Å²) in [6.07, 6.45) is -4.32. The zero-order valence-corrected chi connectivity index (χ0v) is 18.7. The van der Waals surface area contributed by atoms with E-state index < -0.39 is 56.3 Å². The van der Waals surface area contributed by atoms with E-state index >= 15 is 0 Å². The molecular formula is C14H24N2O11P2S. The lowest BCUT2D eigenvalue weighted by Gasteiger charge is -2.26. The molecule has 1 aromatic rings. The summed E-state index contributed by atoms with van der Waals surface area (Å²) in [6, 6.07) is 0. The lowest BCUT2D eigenvalue weighted by atomic mass is 10.1. The third-order valence-corrected chi connectivity index (χ3v) is 5.88. The van der Waals surface area contributed by atoms with Gasteiger partial charge < -0.3 is 33.8 Å². The Morgan fingerprint density at radius 3 is 2.47 bits per heavy atom. The van der Waals surface area contributed by atoms with Gasteiger partial charge in [0.25, 0.3) is 5.56 Å². The molecule has 0 aliphatic carbocycles. The quantitative estimate of drug-likeness (QED) is 0.198. The van der Waals surface area contributed by atoms with E-state index in [0.29, 0.717) is 0 Å². The van der Waals surface area contributed by atoms with E-state index in [-0.39, 0.29) is 25.2 Å². The number of hydrogen-bond donors (Lipinski definition) is 5. The normalized spacial score (nSPS) is 25.0. The van der Waals surface area contributed by atoms with Crippen molar-refractivity contribution in [3.8, 4) is 0 Å². The third-order valence-electron chi connectivity index (χ3n) is 4.27. The van der Waals surface area contributed by atoms with Gasteiger partial charge in [-0.3, -0.25) is 23.4 Å². The fourth-order valence-electron chi connectivity index (χ4n) is 2.97. The molecule has 1 aromatic heterocycles. The Bertz CT molecular complexity index is 939. The first-order chi connectivity index (χ1) is 13.8. The van der Waals surface area contributed by atoms with E-state index in [1.807, 2.05) is 0 Å². The SMILES string of the molecule is COCCOC1C(OP(O)(O)=S)C(CCP(=O)(O)O)OC1n1cc(C)c(=O)[nH]c1=O. The summed E-state index contributed by atoms with van der Waals surface area (Å²) in [6.45, 7) is -2.62. The zero-order chi connectivity index (χ0) is 22.7. The molecule has 2 heterocycles. The topological polar surface area (TPSA) is 190 Å². The standard InChI is InChI=1S/C14H24N2O11P2S/c1-8-7-16(14(18)15-12(8)17)13-11(25-5-4-24-2)10(27-29(22,23)30)9(26-13)3-6-28(19,20)21/h7,9-11,13H,3-6H2,1-2H3,(H,15,17,18)(H2,19,20,21)(H2,22,23,30). The smallest absolute Gasteiger partial charge is 0.330 e. The summed E-state index contributed by atoms with van der Waals surface area (Å²) in [5.41, 5.74) is -1.23. The Labute approximate surface area is 176 Å². The average Bonchev–Trinajstić information content (AvgIpc) is 2.92. The largest absolute Gasteiger partial charge is 0.382 e. The van der Waals surface area contributed by atoms with E-state index in [1.54, 1.807) is 0 Å². The molecule has 2 rings (SSSR count). The second-order valence-corrected chi connectivity index (χ2v) is 11.0. The van der Waals surface area contributed by atoms with E-state index in [1.165, 1.54) is 20.2 Å². The first-order valence-corrected chi connectivity index (χ1v) is 13.1.